The highest BCUT2D eigenvalue weighted by Crippen LogP contribution is 2.23. The number of rotatable bonds is 6. The second kappa shape index (κ2) is 6.27. The predicted molar refractivity (Wildman–Crippen MR) is 70.1 cm³/mol. The van der Waals surface area contributed by atoms with Gasteiger partial charge in [-0.1, -0.05) is 12.2 Å². The Balaban J connectivity index is 2.73. The summed E-state index contributed by atoms with van der Waals surface area (Å²) >= 11 is 4.85. The van der Waals surface area contributed by atoms with Crippen molar-refractivity contribution < 1.29 is 4.74 Å². The molecule has 0 aliphatic rings. The number of nitrogens with two attached hydrogens (primary N) is 1. The highest BCUT2D eigenvalue weighted by Gasteiger charge is 2.09. The molecule has 0 spiro atoms. The van der Waals surface area contributed by atoms with Gasteiger partial charge in [-0.2, -0.15) is 0 Å². The van der Waals surface area contributed by atoms with Crippen molar-refractivity contribution in [3.05, 3.63) is 18.3 Å². The Kier molecular flexibility index (Phi) is 4.98. The molecule has 1 heterocycles. The zero-order chi connectivity index (χ0) is 12.0. The molecule has 0 aromatic carbocycles. The molecule has 0 fully saturated rings. The van der Waals surface area contributed by atoms with E-state index in [-0.39, 0.29) is 0 Å². The van der Waals surface area contributed by atoms with Crippen LogP contribution in [0, 0.1) is 0 Å². The fraction of sp³-hybridized carbons (Fsp3) is 0.455. The van der Waals surface area contributed by atoms with Gasteiger partial charge in [-0.3, -0.25) is 0 Å². The van der Waals surface area contributed by atoms with Crippen LogP contribution in [-0.4, -0.2) is 30.2 Å². The fourth-order valence-electron chi connectivity index (χ4n) is 1.32. The van der Waals surface area contributed by atoms with Gasteiger partial charge in [-0.05, 0) is 19.1 Å². The van der Waals surface area contributed by atoms with Crippen LogP contribution in [0.1, 0.15) is 13.3 Å². The molecule has 1 aromatic heterocycles. The summed E-state index contributed by atoms with van der Waals surface area (Å²) in [6.45, 7) is 3.32. The van der Waals surface area contributed by atoms with E-state index in [2.05, 4.69) is 4.98 Å². The molecule has 88 valence electrons. The molecule has 4 nitrogen and oxygen atoms in total. The molecule has 0 bridgehead atoms. The van der Waals surface area contributed by atoms with Crippen LogP contribution in [0.2, 0.25) is 0 Å². The predicted octanol–water partition coefficient (Wildman–Crippen LogP) is 1.59. The first kappa shape index (κ1) is 12.7. The molecule has 0 amide bonds. The monoisotopic (exact) mass is 239 g/mol. The summed E-state index contributed by atoms with van der Waals surface area (Å²) in [7, 11) is 1.95. The van der Waals surface area contributed by atoms with Gasteiger partial charge >= 0.3 is 0 Å². The molecule has 16 heavy (non-hydrogen) atoms. The number of anilines is 1. The second-order valence-corrected chi connectivity index (χ2v) is 3.92. The molecule has 0 saturated heterocycles. The van der Waals surface area contributed by atoms with Crippen molar-refractivity contribution in [3.63, 3.8) is 0 Å². The SMILES string of the molecule is CCOc1cccnc1N(C)CCC(N)=S. The van der Waals surface area contributed by atoms with Crippen LogP contribution in [0.15, 0.2) is 18.3 Å². The van der Waals surface area contributed by atoms with E-state index in [0.717, 1.165) is 18.1 Å². The summed E-state index contributed by atoms with van der Waals surface area (Å²) < 4.78 is 5.50. The Morgan fingerprint density at radius 1 is 1.62 bits per heavy atom. The van der Waals surface area contributed by atoms with Gasteiger partial charge in [0.05, 0.1) is 11.6 Å². The van der Waals surface area contributed by atoms with Crippen molar-refractivity contribution in [1.82, 2.24) is 4.98 Å². The average Bonchev–Trinajstić information content (AvgIpc) is 2.27. The van der Waals surface area contributed by atoms with E-state index in [1.807, 2.05) is 31.0 Å². The van der Waals surface area contributed by atoms with Gasteiger partial charge in [0.1, 0.15) is 0 Å². The lowest BCUT2D eigenvalue weighted by Crippen LogP contribution is -2.24. The van der Waals surface area contributed by atoms with Crippen LogP contribution in [0.25, 0.3) is 0 Å². The van der Waals surface area contributed by atoms with E-state index in [9.17, 15) is 0 Å². The lowest BCUT2D eigenvalue weighted by atomic mass is 10.3. The van der Waals surface area contributed by atoms with Crippen molar-refractivity contribution in [1.29, 1.82) is 0 Å². The number of hydrogen-bond donors (Lipinski definition) is 1. The number of nitrogens with zero attached hydrogens (tertiary/aromatic N) is 2. The number of ether oxygens (including phenoxy) is 1. The maximum absolute atomic E-state index is 5.50. The Morgan fingerprint density at radius 3 is 3.00 bits per heavy atom. The Morgan fingerprint density at radius 2 is 2.38 bits per heavy atom. The fourth-order valence-corrected chi connectivity index (χ4v) is 1.41. The van der Waals surface area contributed by atoms with Crippen LogP contribution >= 0.6 is 12.2 Å². The topological polar surface area (TPSA) is 51.4 Å². The minimum atomic E-state index is 0.515. The van der Waals surface area contributed by atoms with E-state index < -0.39 is 0 Å². The summed E-state index contributed by atoms with van der Waals surface area (Å²) in [5, 5.41) is 0. The van der Waals surface area contributed by atoms with Gasteiger partial charge in [0.15, 0.2) is 11.6 Å². The molecule has 2 N–H and O–H groups in total. The summed E-state index contributed by atoms with van der Waals surface area (Å²) in [4.78, 5) is 6.80. The second-order valence-electron chi connectivity index (χ2n) is 3.40. The van der Waals surface area contributed by atoms with Crippen molar-refractivity contribution in [2.45, 2.75) is 13.3 Å². The van der Waals surface area contributed by atoms with Crippen molar-refractivity contribution in [2.75, 3.05) is 25.1 Å². The Hall–Kier alpha value is -1.36. The van der Waals surface area contributed by atoms with Crippen molar-refractivity contribution >= 4 is 23.0 Å². The summed E-state index contributed by atoms with van der Waals surface area (Å²) in [5.41, 5.74) is 5.47. The average molecular weight is 239 g/mol. The molecule has 0 unspecified atom stereocenters. The van der Waals surface area contributed by atoms with Gasteiger partial charge in [-0.25, -0.2) is 4.98 Å². The summed E-state index contributed by atoms with van der Waals surface area (Å²) in [6.07, 6.45) is 2.42. The van der Waals surface area contributed by atoms with E-state index >= 15 is 0 Å². The largest absolute Gasteiger partial charge is 0.490 e. The van der Waals surface area contributed by atoms with Crippen LogP contribution in [0.4, 0.5) is 5.82 Å². The first-order valence-electron chi connectivity index (χ1n) is 5.22. The van der Waals surface area contributed by atoms with Gasteiger partial charge < -0.3 is 15.4 Å². The summed E-state index contributed by atoms with van der Waals surface area (Å²) in [5.74, 6) is 1.61. The molecule has 0 atom stereocenters. The zero-order valence-corrected chi connectivity index (χ0v) is 10.5. The minimum absolute atomic E-state index is 0.515. The third-order valence-corrected chi connectivity index (χ3v) is 2.31. The van der Waals surface area contributed by atoms with Crippen LogP contribution in [0.3, 0.4) is 0 Å². The smallest absolute Gasteiger partial charge is 0.171 e. The van der Waals surface area contributed by atoms with E-state index in [1.165, 1.54) is 0 Å². The third-order valence-electron chi connectivity index (χ3n) is 2.11. The summed E-state index contributed by atoms with van der Waals surface area (Å²) in [6, 6.07) is 3.76. The van der Waals surface area contributed by atoms with E-state index in [4.69, 9.17) is 22.7 Å². The van der Waals surface area contributed by atoms with Crippen LogP contribution in [-0.2, 0) is 0 Å². The van der Waals surface area contributed by atoms with E-state index in [0.29, 0.717) is 18.0 Å². The Bertz CT molecular complexity index is 357. The van der Waals surface area contributed by atoms with Gasteiger partial charge in [-0.15, -0.1) is 0 Å². The van der Waals surface area contributed by atoms with E-state index in [1.54, 1.807) is 6.20 Å². The number of thiocarbonyl (C=S) groups is 1. The lowest BCUT2D eigenvalue weighted by molar-refractivity contribution is 0.339. The molecule has 5 heteroatoms. The normalized spacial score (nSPS) is 9.88. The molecule has 0 aliphatic carbocycles. The molecular formula is C11H17N3OS. The molecule has 1 rings (SSSR count). The zero-order valence-electron chi connectivity index (χ0n) is 9.64. The first-order valence-corrected chi connectivity index (χ1v) is 5.63. The minimum Gasteiger partial charge on any atom is -0.490 e. The first-order chi connectivity index (χ1) is 7.65. The molecule has 0 radical (unpaired) electrons. The number of hydrogen-bond acceptors (Lipinski definition) is 4. The number of aromatic nitrogens is 1. The quantitative estimate of drug-likeness (QED) is 0.764. The Labute approximate surface area is 101 Å². The van der Waals surface area contributed by atoms with Crippen molar-refractivity contribution in [2.24, 2.45) is 5.73 Å². The standard InChI is InChI=1S/C11H17N3OS/c1-3-15-9-5-4-7-13-11(9)14(2)8-6-10(12)16/h4-5,7H,3,6,8H2,1-2H3,(H2,12,16). The molecular weight excluding hydrogens is 222 g/mol. The molecule has 0 aliphatic heterocycles. The highest BCUT2D eigenvalue weighted by atomic mass is 32.1. The van der Waals surface area contributed by atoms with Gasteiger partial charge in [0.2, 0.25) is 0 Å². The van der Waals surface area contributed by atoms with Gasteiger partial charge in [0, 0.05) is 26.2 Å². The van der Waals surface area contributed by atoms with Crippen LogP contribution < -0.4 is 15.4 Å². The maximum atomic E-state index is 5.50. The van der Waals surface area contributed by atoms with Crippen molar-refractivity contribution in [3.8, 4) is 5.75 Å². The van der Waals surface area contributed by atoms with Gasteiger partial charge in [0.25, 0.3) is 0 Å². The number of pyridine rings is 1. The molecule has 0 saturated carbocycles. The lowest BCUT2D eigenvalue weighted by Gasteiger charge is -2.20. The maximum Gasteiger partial charge on any atom is 0.171 e. The van der Waals surface area contributed by atoms with Crippen LogP contribution in [0.5, 0.6) is 5.75 Å². The molecule has 1 aromatic rings. The third kappa shape index (κ3) is 3.66. The highest BCUT2D eigenvalue weighted by molar-refractivity contribution is 7.80.